The highest BCUT2D eigenvalue weighted by molar-refractivity contribution is 7.94. The first-order valence-electron chi connectivity index (χ1n) is 7.19. The van der Waals surface area contributed by atoms with Gasteiger partial charge in [0, 0.05) is 12.7 Å². The maximum Gasteiger partial charge on any atom is 0.335 e. The van der Waals surface area contributed by atoms with Crippen molar-refractivity contribution in [2.24, 2.45) is 0 Å². The number of amides is 2. The first kappa shape index (κ1) is 18.6. The number of nitrogens with zero attached hydrogens (tertiary/aromatic N) is 1. The third-order valence-corrected chi connectivity index (χ3v) is 4.81. The van der Waals surface area contributed by atoms with E-state index < -0.39 is 27.7 Å². The Morgan fingerprint density at radius 1 is 1.00 bits per heavy atom. The first-order valence-corrected chi connectivity index (χ1v) is 8.67. The summed E-state index contributed by atoms with van der Waals surface area (Å²) in [5.41, 5.74) is 0.804. The van der Waals surface area contributed by atoms with E-state index in [0.29, 0.717) is 11.3 Å². The molecule has 0 radical (unpaired) electrons. The number of hydrogen-bond acceptors (Lipinski definition) is 3. The van der Waals surface area contributed by atoms with E-state index >= 15 is 0 Å². The van der Waals surface area contributed by atoms with Gasteiger partial charge in [0.2, 0.25) is 0 Å². The van der Waals surface area contributed by atoms with E-state index in [0.717, 1.165) is 17.0 Å². The van der Waals surface area contributed by atoms with E-state index in [-0.39, 0.29) is 4.91 Å². The summed E-state index contributed by atoms with van der Waals surface area (Å²) in [6, 6.07) is 9.37. The molecule has 0 aliphatic carbocycles. The number of anilines is 1. The van der Waals surface area contributed by atoms with Crippen LogP contribution in [0.2, 0.25) is 0 Å². The van der Waals surface area contributed by atoms with Crippen molar-refractivity contribution in [3.05, 3.63) is 70.6 Å². The minimum atomic E-state index is -4.08. The lowest BCUT2D eigenvalue weighted by Crippen LogP contribution is -2.40. The molecule has 0 atom stereocenters. The Hall–Kier alpha value is -2.74. The number of nitrogens with one attached hydrogen (secondary N) is 1. The van der Waals surface area contributed by atoms with Gasteiger partial charge >= 0.3 is 6.03 Å². The lowest BCUT2D eigenvalue weighted by molar-refractivity contribution is 0.252. The van der Waals surface area contributed by atoms with Crippen molar-refractivity contribution in [2.45, 2.75) is 6.92 Å². The smallest absolute Gasteiger partial charge is 0.297 e. The molecular weight excluding hydrogens is 350 g/mol. The number of benzene rings is 2. The standard InChI is InChI=1S/C17H16F2N2O3S/c1-12(11-13-3-5-14(18)6-4-13)25(23,24)20-17(22)21(2)16-9-7-15(19)8-10-16/h3-11H,1-2H3,(H,20,22). The van der Waals surface area contributed by atoms with Gasteiger partial charge in [0.05, 0.1) is 4.91 Å². The maximum absolute atomic E-state index is 12.9. The maximum atomic E-state index is 12.9. The second kappa shape index (κ2) is 7.43. The van der Waals surface area contributed by atoms with E-state index in [1.807, 2.05) is 4.72 Å². The summed E-state index contributed by atoms with van der Waals surface area (Å²) in [6.07, 6.45) is 1.31. The fourth-order valence-corrected chi connectivity index (χ4v) is 2.74. The molecule has 25 heavy (non-hydrogen) atoms. The Labute approximate surface area is 144 Å². The minimum absolute atomic E-state index is 0.111. The highest BCUT2D eigenvalue weighted by Crippen LogP contribution is 2.15. The molecule has 2 aromatic rings. The lowest BCUT2D eigenvalue weighted by atomic mass is 10.2. The molecule has 1 N–H and O–H groups in total. The molecule has 0 aliphatic heterocycles. The third-order valence-electron chi connectivity index (χ3n) is 3.40. The normalized spacial score (nSPS) is 11.9. The second-order valence-corrected chi connectivity index (χ2v) is 7.11. The summed E-state index contributed by atoms with van der Waals surface area (Å²) in [5.74, 6) is -0.907. The minimum Gasteiger partial charge on any atom is -0.297 e. The van der Waals surface area contributed by atoms with Crippen molar-refractivity contribution in [1.82, 2.24) is 4.72 Å². The highest BCUT2D eigenvalue weighted by Gasteiger charge is 2.20. The van der Waals surface area contributed by atoms with Crippen molar-refractivity contribution in [3.8, 4) is 0 Å². The van der Waals surface area contributed by atoms with E-state index in [2.05, 4.69) is 0 Å². The zero-order valence-electron chi connectivity index (χ0n) is 13.5. The first-order chi connectivity index (χ1) is 11.7. The molecular formula is C17H16F2N2O3S. The highest BCUT2D eigenvalue weighted by atomic mass is 32.2. The summed E-state index contributed by atoms with van der Waals surface area (Å²) in [4.78, 5) is 13.0. The predicted octanol–water partition coefficient (Wildman–Crippen LogP) is 3.50. The predicted molar refractivity (Wildman–Crippen MR) is 92.3 cm³/mol. The van der Waals surface area contributed by atoms with E-state index in [4.69, 9.17) is 0 Å². The molecule has 2 aromatic carbocycles. The Balaban J connectivity index is 2.14. The molecule has 8 heteroatoms. The quantitative estimate of drug-likeness (QED) is 0.901. The fraction of sp³-hybridized carbons (Fsp3) is 0.118. The molecule has 0 saturated carbocycles. The number of rotatable bonds is 4. The lowest BCUT2D eigenvalue weighted by Gasteiger charge is -2.18. The van der Waals surface area contributed by atoms with Gasteiger partial charge in [-0.2, -0.15) is 0 Å². The van der Waals surface area contributed by atoms with Crippen LogP contribution in [0.4, 0.5) is 19.3 Å². The molecule has 0 unspecified atom stereocenters. The van der Waals surface area contributed by atoms with Gasteiger partial charge < -0.3 is 0 Å². The number of urea groups is 1. The topological polar surface area (TPSA) is 66.5 Å². The van der Waals surface area contributed by atoms with E-state index in [1.165, 1.54) is 56.4 Å². The molecule has 0 spiro atoms. The van der Waals surface area contributed by atoms with Gasteiger partial charge in [-0.1, -0.05) is 12.1 Å². The summed E-state index contributed by atoms with van der Waals surface area (Å²) < 4.78 is 52.2. The van der Waals surface area contributed by atoms with Crippen LogP contribution >= 0.6 is 0 Å². The van der Waals surface area contributed by atoms with Gasteiger partial charge in [0.25, 0.3) is 10.0 Å². The van der Waals surface area contributed by atoms with Crippen molar-refractivity contribution in [1.29, 1.82) is 0 Å². The Bertz CT molecular complexity index is 892. The number of hydrogen-bond donors (Lipinski definition) is 1. The molecule has 2 amide bonds. The average Bonchev–Trinajstić information content (AvgIpc) is 2.56. The Kier molecular flexibility index (Phi) is 5.53. The largest absolute Gasteiger partial charge is 0.335 e. The van der Waals surface area contributed by atoms with Crippen LogP contribution in [-0.2, 0) is 10.0 Å². The van der Waals surface area contributed by atoms with Crippen LogP contribution in [-0.4, -0.2) is 21.5 Å². The summed E-state index contributed by atoms with van der Waals surface area (Å²) >= 11 is 0. The van der Waals surface area contributed by atoms with Gasteiger partial charge in [0.1, 0.15) is 11.6 Å². The van der Waals surface area contributed by atoms with Crippen molar-refractivity contribution in [3.63, 3.8) is 0 Å². The number of allylic oxidation sites excluding steroid dienone is 1. The van der Waals surface area contributed by atoms with E-state index in [1.54, 1.807) is 0 Å². The zero-order valence-corrected chi connectivity index (χ0v) is 14.3. The molecule has 132 valence electrons. The van der Waals surface area contributed by atoms with Crippen LogP contribution < -0.4 is 9.62 Å². The van der Waals surface area contributed by atoms with Gasteiger partial charge in [-0.25, -0.2) is 26.7 Å². The number of carbonyl (C=O) groups excluding carboxylic acids is 1. The molecule has 0 fully saturated rings. The molecule has 5 nitrogen and oxygen atoms in total. The number of carbonyl (C=O) groups is 1. The van der Waals surface area contributed by atoms with Gasteiger partial charge in [-0.15, -0.1) is 0 Å². The van der Waals surface area contributed by atoms with Crippen LogP contribution in [0.1, 0.15) is 12.5 Å². The molecule has 0 heterocycles. The van der Waals surface area contributed by atoms with E-state index in [9.17, 15) is 22.0 Å². The van der Waals surface area contributed by atoms with Crippen LogP contribution in [0.15, 0.2) is 53.4 Å². The zero-order chi connectivity index (χ0) is 18.6. The number of halogens is 2. The molecule has 0 saturated heterocycles. The summed E-state index contributed by atoms with van der Waals surface area (Å²) in [7, 11) is -2.72. The molecule has 0 bridgehead atoms. The van der Waals surface area contributed by atoms with Crippen molar-refractivity contribution in [2.75, 3.05) is 11.9 Å². The third kappa shape index (κ3) is 4.87. The van der Waals surface area contributed by atoms with Crippen LogP contribution in [0, 0.1) is 11.6 Å². The van der Waals surface area contributed by atoms with Gasteiger partial charge in [-0.05, 0) is 55.0 Å². The SMILES string of the molecule is CC(=Cc1ccc(F)cc1)S(=O)(=O)NC(=O)N(C)c1ccc(F)cc1. The van der Waals surface area contributed by atoms with Crippen molar-refractivity contribution < 1.29 is 22.0 Å². The Morgan fingerprint density at radius 2 is 1.48 bits per heavy atom. The van der Waals surface area contributed by atoms with Crippen LogP contribution in [0.25, 0.3) is 6.08 Å². The van der Waals surface area contributed by atoms with Crippen LogP contribution in [0.5, 0.6) is 0 Å². The monoisotopic (exact) mass is 366 g/mol. The average molecular weight is 366 g/mol. The molecule has 2 rings (SSSR count). The Morgan fingerprint density at radius 3 is 2.00 bits per heavy atom. The second-order valence-electron chi connectivity index (χ2n) is 5.25. The molecule has 0 aliphatic rings. The van der Waals surface area contributed by atoms with Crippen molar-refractivity contribution >= 4 is 27.8 Å². The van der Waals surface area contributed by atoms with Crippen LogP contribution in [0.3, 0.4) is 0 Å². The van der Waals surface area contributed by atoms with Gasteiger partial charge in [0.15, 0.2) is 0 Å². The fourth-order valence-electron chi connectivity index (χ4n) is 1.92. The summed E-state index contributed by atoms with van der Waals surface area (Å²) in [5, 5.41) is 0. The molecule has 0 aromatic heterocycles. The number of sulfonamides is 1. The summed E-state index contributed by atoms with van der Waals surface area (Å²) in [6.45, 7) is 1.32. The van der Waals surface area contributed by atoms with Gasteiger partial charge in [-0.3, -0.25) is 4.90 Å².